The topological polar surface area (TPSA) is 38.7 Å². The van der Waals surface area contributed by atoms with Crippen molar-refractivity contribution in [1.29, 1.82) is 0 Å². The third-order valence-corrected chi connectivity index (χ3v) is 5.40. The number of hydrogen-bond acceptors (Lipinski definition) is 3. The molecular formula is C23H19BrO3. The lowest BCUT2D eigenvalue weighted by molar-refractivity contribution is 0.143. The van der Waals surface area contributed by atoms with E-state index in [-0.39, 0.29) is 0 Å². The minimum absolute atomic E-state index is 0.715. The van der Waals surface area contributed by atoms with E-state index in [1.54, 1.807) is 28.1 Å². The summed E-state index contributed by atoms with van der Waals surface area (Å²) in [5.41, 5.74) is -0.173. The van der Waals surface area contributed by atoms with E-state index in [2.05, 4.69) is 39.9 Å². The van der Waals surface area contributed by atoms with Crippen molar-refractivity contribution in [2.45, 2.75) is 19.4 Å². The number of hydrogen-bond donors (Lipinski definition) is 1. The molecule has 0 aliphatic heterocycles. The van der Waals surface area contributed by atoms with E-state index in [1.807, 2.05) is 24.3 Å². The second-order valence-corrected chi connectivity index (χ2v) is 7.90. The van der Waals surface area contributed by atoms with Crippen molar-refractivity contribution in [3.63, 3.8) is 0 Å². The highest BCUT2D eigenvalue weighted by atomic mass is 79.9. The molecule has 0 fully saturated rings. The Morgan fingerprint density at radius 1 is 0.815 bits per heavy atom. The molecule has 1 N–H and O–H groups in total. The molecule has 0 aliphatic carbocycles. The smallest absolute Gasteiger partial charge is 0.169 e. The molecule has 27 heavy (non-hydrogen) atoms. The van der Waals surface area contributed by atoms with Gasteiger partial charge in [0.05, 0.1) is 14.2 Å². The van der Waals surface area contributed by atoms with E-state index in [9.17, 15) is 5.11 Å². The van der Waals surface area contributed by atoms with Crippen molar-refractivity contribution in [2.75, 3.05) is 14.2 Å². The van der Waals surface area contributed by atoms with Crippen molar-refractivity contribution in [2.24, 2.45) is 0 Å². The lowest BCUT2D eigenvalue weighted by Crippen LogP contribution is -2.14. The van der Waals surface area contributed by atoms with Crippen molar-refractivity contribution < 1.29 is 14.6 Å². The van der Waals surface area contributed by atoms with Crippen LogP contribution in [0.2, 0.25) is 0 Å². The molecule has 0 saturated heterocycles. The second-order valence-electron chi connectivity index (χ2n) is 7.04. The van der Waals surface area contributed by atoms with Gasteiger partial charge in [0.2, 0.25) is 0 Å². The van der Waals surface area contributed by atoms with Crippen LogP contribution in [0.5, 0.6) is 11.5 Å². The second kappa shape index (κ2) is 6.30. The summed E-state index contributed by atoms with van der Waals surface area (Å²) < 4.78 is 12.5. The fourth-order valence-electron chi connectivity index (χ4n) is 3.61. The molecule has 4 aromatic rings. The third kappa shape index (κ3) is 2.79. The van der Waals surface area contributed by atoms with Gasteiger partial charge in [-0.15, -0.1) is 0 Å². The zero-order valence-electron chi connectivity index (χ0n) is 15.6. The molecule has 0 radical (unpaired) electrons. The Morgan fingerprint density at radius 3 is 1.93 bits per heavy atom. The van der Waals surface area contributed by atoms with Gasteiger partial charge in [-0.05, 0) is 48.9 Å². The highest BCUT2D eigenvalue weighted by Crippen LogP contribution is 2.48. The number of methoxy groups -OCH3 is 2. The predicted molar refractivity (Wildman–Crippen MR) is 114 cm³/mol. The van der Waals surface area contributed by atoms with E-state index in [0.29, 0.717) is 5.75 Å². The van der Waals surface area contributed by atoms with Crippen LogP contribution in [-0.2, 0) is 0 Å². The standard InChI is InChI=1S/C23H19BrO3/c1-23(2,25)12-11-13-5-6-16-19-14(13)7-8-15-18(24)10-9-17(20(15)19)22(27-4)21(16)26-3/h5-10,25H,1-4H3. The molecule has 0 unspecified atom stereocenters. The number of rotatable bonds is 2. The van der Waals surface area contributed by atoms with Gasteiger partial charge in [-0.2, -0.15) is 0 Å². The first-order chi connectivity index (χ1) is 12.9. The maximum absolute atomic E-state index is 9.99. The van der Waals surface area contributed by atoms with Gasteiger partial charge in [0, 0.05) is 31.6 Å². The highest BCUT2D eigenvalue weighted by Gasteiger charge is 2.21. The summed E-state index contributed by atoms with van der Waals surface area (Å²) in [5, 5.41) is 16.3. The van der Waals surface area contributed by atoms with E-state index >= 15 is 0 Å². The number of ether oxygens (including phenoxy) is 2. The van der Waals surface area contributed by atoms with Crippen LogP contribution in [0.4, 0.5) is 0 Å². The van der Waals surface area contributed by atoms with Crippen LogP contribution in [0.3, 0.4) is 0 Å². The first kappa shape index (κ1) is 17.9. The van der Waals surface area contributed by atoms with Gasteiger partial charge in [-0.25, -0.2) is 0 Å². The van der Waals surface area contributed by atoms with Gasteiger partial charge < -0.3 is 14.6 Å². The summed E-state index contributed by atoms with van der Waals surface area (Å²) in [6, 6.07) is 12.2. The Balaban J connectivity index is 2.24. The van der Waals surface area contributed by atoms with Crippen LogP contribution >= 0.6 is 15.9 Å². The Bertz CT molecular complexity index is 1240. The first-order valence-electron chi connectivity index (χ1n) is 8.62. The maximum atomic E-state index is 9.99. The van der Waals surface area contributed by atoms with Crippen LogP contribution in [-0.4, -0.2) is 24.9 Å². The summed E-state index contributed by atoms with van der Waals surface area (Å²) >= 11 is 3.67. The van der Waals surface area contributed by atoms with Crippen molar-refractivity contribution in [1.82, 2.24) is 0 Å². The van der Waals surface area contributed by atoms with Gasteiger partial charge in [-0.1, -0.05) is 39.9 Å². The average Bonchev–Trinajstić information content (AvgIpc) is 2.64. The SMILES string of the molecule is COc1c(OC)c2ccc(C#CC(C)(C)O)c3ccc4c(Br)ccc1c4c32. The maximum Gasteiger partial charge on any atom is 0.169 e. The molecule has 0 heterocycles. The Morgan fingerprint density at radius 2 is 1.33 bits per heavy atom. The van der Waals surface area contributed by atoms with Crippen molar-refractivity contribution in [3.05, 3.63) is 46.4 Å². The summed E-state index contributed by atoms with van der Waals surface area (Å²) in [7, 11) is 3.32. The zero-order chi connectivity index (χ0) is 19.3. The van der Waals surface area contributed by atoms with Crippen LogP contribution in [0, 0.1) is 11.8 Å². The molecule has 0 atom stereocenters. The van der Waals surface area contributed by atoms with Crippen LogP contribution in [0.25, 0.3) is 32.3 Å². The van der Waals surface area contributed by atoms with E-state index in [1.165, 1.54) is 0 Å². The number of halogens is 1. The Labute approximate surface area is 166 Å². The van der Waals surface area contributed by atoms with Crippen LogP contribution in [0.1, 0.15) is 19.4 Å². The number of aliphatic hydroxyl groups is 1. The van der Waals surface area contributed by atoms with E-state index in [4.69, 9.17) is 9.47 Å². The predicted octanol–water partition coefficient (Wildman–Crippen LogP) is 5.49. The molecule has 3 nitrogen and oxygen atoms in total. The van der Waals surface area contributed by atoms with Gasteiger partial charge >= 0.3 is 0 Å². The fourth-order valence-corrected chi connectivity index (χ4v) is 4.08. The van der Waals surface area contributed by atoms with Gasteiger partial charge in [-0.3, -0.25) is 0 Å². The molecule has 0 bridgehead atoms. The fraction of sp³-hybridized carbons (Fsp3) is 0.217. The highest BCUT2D eigenvalue weighted by molar-refractivity contribution is 9.10. The molecule has 0 aliphatic rings. The lowest BCUT2D eigenvalue weighted by Gasteiger charge is -2.19. The minimum Gasteiger partial charge on any atom is -0.492 e. The van der Waals surface area contributed by atoms with Gasteiger partial charge in [0.15, 0.2) is 11.5 Å². The molecule has 4 rings (SSSR count). The summed E-state index contributed by atoms with van der Waals surface area (Å²) in [4.78, 5) is 0. The normalized spacial score (nSPS) is 11.8. The zero-order valence-corrected chi connectivity index (χ0v) is 17.2. The molecule has 136 valence electrons. The number of benzene rings is 4. The van der Waals surface area contributed by atoms with E-state index < -0.39 is 5.60 Å². The molecular weight excluding hydrogens is 404 g/mol. The van der Waals surface area contributed by atoms with Crippen LogP contribution in [0.15, 0.2) is 40.9 Å². The van der Waals surface area contributed by atoms with E-state index in [0.717, 1.165) is 48.1 Å². The monoisotopic (exact) mass is 422 g/mol. The Kier molecular flexibility index (Phi) is 4.18. The molecule has 0 spiro atoms. The van der Waals surface area contributed by atoms with Gasteiger partial charge in [0.1, 0.15) is 5.60 Å². The third-order valence-electron chi connectivity index (χ3n) is 4.71. The van der Waals surface area contributed by atoms with Crippen molar-refractivity contribution in [3.8, 4) is 23.3 Å². The molecule has 0 saturated carbocycles. The average molecular weight is 423 g/mol. The molecule has 4 heteroatoms. The van der Waals surface area contributed by atoms with Crippen LogP contribution < -0.4 is 9.47 Å². The molecule has 0 aromatic heterocycles. The van der Waals surface area contributed by atoms with Gasteiger partial charge in [0.25, 0.3) is 0 Å². The quantitative estimate of drug-likeness (QED) is 0.343. The largest absolute Gasteiger partial charge is 0.492 e. The van der Waals surface area contributed by atoms with Crippen molar-refractivity contribution >= 4 is 48.2 Å². The summed E-state index contributed by atoms with van der Waals surface area (Å²) in [6.45, 7) is 3.36. The molecule has 0 amide bonds. The molecule has 4 aromatic carbocycles. The summed E-state index contributed by atoms with van der Waals surface area (Å²) in [6.07, 6.45) is 0. The minimum atomic E-state index is -1.05. The first-order valence-corrected chi connectivity index (χ1v) is 9.41. The summed E-state index contributed by atoms with van der Waals surface area (Å²) in [5.74, 6) is 7.49. The Hall–Kier alpha value is -2.48. The lowest BCUT2D eigenvalue weighted by atomic mass is 9.90.